The van der Waals surface area contributed by atoms with E-state index in [9.17, 15) is 18.0 Å². The maximum Gasteiger partial charge on any atom is 0.257 e. The number of para-hydroxylation sites is 1. The third-order valence-electron chi connectivity index (χ3n) is 5.19. The van der Waals surface area contributed by atoms with Crippen molar-refractivity contribution in [1.29, 1.82) is 0 Å². The largest absolute Gasteiger partial charge is 0.481 e. The molecule has 0 aliphatic heterocycles. The minimum atomic E-state index is -4.14. The molecule has 0 aliphatic rings. The number of nitrogens with zero attached hydrogens (tertiary/aromatic N) is 2. The molecule has 0 spiro atoms. The van der Waals surface area contributed by atoms with Crippen LogP contribution in [0.15, 0.2) is 84.4 Å². The van der Waals surface area contributed by atoms with Crippen LogP contribution in [0, 0.1) is 5.92 Å². The molecule has 1 unspecified atom stereocenters. The van der Waals surface area contributed by atoms with Gasteiger partial charge in [-0.3, -0.25) is 9.59 Å². The van der Waals surface area contributed by atoms with Crippen molar-refractivity contribution in [2.45, 2.75) is 13.3 Å². The quantitative estimate of drug-likeness (QED) is 0.434. The zero-order valence-electron chi connectivity index (χ0n) is 19.5. The Bertz CT molecular complexity index is 1260. The van der Waals surface area contributed by atoms with Gasteiger partial charge in [0.2, 0.25) is 17.7 Å². The number of rotatable bonds is 10. The van der Waals surface area contributed by atoms with Crippen LogP contribution in [0.2, 0.25) is 0 Å². The number of aromatic nitrogens is 1. The van der Waals surface area contributed by atoms with E-state index in [4.69, 9.17) is 4.74 Å². The summed E-state index contributed by atoms with van der Waals surface area (Å²) in [5.74, 6) is -2.36. The second-order valence-corrected chi connectivity index (χ2v) is 9.17. The number of ether oxygens (including phenoxy) is 1. The Morgan fingerprint density at radius 1 is 1.03 bits per heavy atom. The standard InChI is InChI=1S/C26H27N3O5S/c1-3-29(22-12-8-5-9-13-22)26(31)23(18-21-14-15-24(34-2)27-19-21)25(30)28-35(32,33)17-16-20-10-6-4-7-11-20/h4-17,19,23H,3,18H2,1-2H3,(H,28,30). The van der Waals surface area contributed by atoms with Gasteiger partial charge in [0, 0.05) is 24.5 Å². The highest BCUT2D eigenvalue weighted by atomic mass is 32.2. The average Bonchev–Trinajstić information content (AvgIpc) is 2.88. The van der Waals surface area contributed by atoms with Crippen molar-refractivity contribution < 1.29 is 22.7 Å². The molecule has 1 aromatic heterocycles. The van der Waals surface area contributed by atoms with E-state index in [1.165, 1.54) is 24.3 Å². The number of benzene rings is 2. The molecule has 35 heavy (non-hydrogen) atoms. The minimum absolute atomic E-state index is 0.0388. The van der Waals surface area contributed by atoms with Crippen molar-refractivity contribution in [2.75, 3.05) is 18.6 Å². The molecule has 182 valence electrons. The van der Waals surface area contributed by atoms with Gasteiger partial charge in [-0.1, -0.05) is 54.6 Å². The summed E-state index contributed by atoms with van der Waals surface area (Å²) in [5, 5.41) is 0.908. The summed E-state index contributed by atoms with van der Waals surface area (Å²) < 4.78 is 32.3. The molecule has 0 bridgehead atoms. The summed E-state index contributed by atoms with van der Waals surface area (Å²) in [6.45, 7) is 2.09. The molecule has 0 saturated heterocycles. The van der Waals surface area contributed by atoms with E-state index in [1.807, 2.05) is 16.9 Å². The minimum Gasteiger partial charge on any atom is -0.481 e. The molecule has 0 aliphatic carbocycles. The van der Waals surface area contributed by atoms with E-state index in [0.29, 0.717) is 29.2 Å². The Kier molecular flexibility index (Phi) is 8.74. The van der Waals surface area contributed by atoms with E-state index in [2.05, 4.69) is 4.98 Å². The van der Waals surface area contributed by atoms with Gasteiger partial charge in [0.25, 0.3) is 10.0 Å². The van der Waals surface area contributed by atoms with Crippen LogP contribution in [0.3, 0.4) is 0 Å². The summed E-state index contributed by atoms with van der Waals surface area (Å²) >= 11 is 0. The predicted molar refractivity (Wildman–Crippen MR) is 135 cm³/mol. The number of nitrogens with one attached hydrogen (secondary N) is 1. The molecule has 3 aromatic rings. The highest BCUT2D eigenvalue weighted by Crippen LogP contribution is 2.20. The molecule has 0 radical (unpaired) electrons. The van der Waals surface area contributed by atoms with E-state index in [0.717, 1.165) is 5.41 Å². The maximum atomic E-state index is 13.5. The van der Waals surface area contributed by atoms with Gasteiger partial charge >= 0.3 is 0 Å². The monoisotopic (exact) mass is 493 g/mol. The van der Waals surface area contributed by atoms with E-state index in [1.54, 1.807) is 67.6 Å². The fraction of sp³-hybridized carbons (Fsp3) is 0.192. The number of pyridine rings is 1. The number of amides is 2. The fourth-order valence-electron chi connectivity index (χ4n) is 3.42. The van der Waals surface area contributed by atoms with Crippen molar-refractivity contribution in [2.24, 2.45) is 5.92 Å². The second kappa shape index (κ2) is 11.9. The number of sulfonamides is 1. The van der Waals surface area contributed by atoms with E-state index in [-0.39, 0.29) is 6.42 Å². The van der Waals surface area contributed by atoms with Gasteiger partial charge in [-0.2, -0.15) is 0 Å². The Hall–Kier alpha value is -3.98. The van der Waals surface area contributed by atoms with Gasteiger partial charge in [0.05, 0.1) is 12.5 Å². The molecule has 0 saturated carbocycles. The lowest BCUT2D eigenvalue weighted by molar-refractivity contribution is -0.132. The Balaban J connectivity index is 1.87. The second-order valence-electron chi connectivity index (χ2n) is 7.61. The van der Waals surface area contributed by atoms with E-state index < -0.39 is 27.8 Å². The zero-order valence-corrected chi connectivity index (χ0v) is 20.3. The molecule has 1 N–H and O–H groups in total. The molecular weight excluding hydrogens is 466 g/mol. The van der Waals surface area contributed by atoms with Gasteiger partial charge in [0.15, 0.2) is 0 Å². The van der Waals surface area contributed by atoms with Gasteiger partial charge < -0.3 is 9.64 Å². The van der Waals surface area contributed by atoms with Crippen LogP contribution in [0.1, 0.15) is 18.1 Å². The highest BCUT2D eigenvalue weighted by molar-refractivity contribution is 7.93. The fourth-order valence-corrected chi connectivity index (χ4v) is 4.25. The first kappa shape index (κ1) is 25.6. The molecule has 9 heteroatoms. The van der Waals surface area contributed by atoms with Crippen LogP contribution in [0.25, 0.3) is 6.08 Å². The van der Waals surface area contributed by atoms with Gasteiger partial charge in [-0.15, -0.1) is 0 Å². The Labute approximate surface area is 205 Å². The van der Waals surface area contributed by atoms with Gasteiger partial charge in [-0.25, -0.2) is 18.1 Å². The topological polar surface area (TPSA) is 106 Å². The molecule has 1 heterocycles. The number of hydrogen-bond donors (Lipinski definition) is 1. The van der Waals surface area contributed by atoms with Crippen molar-refractivity contribution in [3.05, 3.63) is 95.5 Å². The van der Waals surface area contributed by atoms with Crippen LogP contribution >= 0.6 is 0 Å². The highest BCUT2D eigenvalue weighted by Gasteiger charge is 2.33. The molecule has 8 nitrogen and oxygen atoms in total. The number of carbonyl (C=O) groups is 2. The van der Waals surface area contributed by atoms with Gasteiger partial charge in [0.1, 0.15) is 5.92 Å². The lowest BCUT2D eigenvalue weighted by atomic mass is 9.98. The Morgan fingerprint density at radius 3 is 2.26 bits per heavy atom. The first-order chi connectivity index (χ1) is 16.8. The Morgan fingerprint density at radius 2 is 1.69 bits per heavy atom. The molecule has 2 amide bonds. The summed E-state index contributed by atoms with van der Waals surface area (Å²) in [7, 11) is -2.66. The summed E-state index contributed by atoms with van der Waals surface area (Å²) in [4.78, 5) is 32.3. The molecule has 0 fully saturated rings. The number of methoxy groups -OCH3 is 1. The summed E-state index contributed by atoms with van der Waals surface area (Å²) in [6.07, 6.45) is 2.83. The number of hydrogen-bond acceptors (Lipinski definition) is 6. The van der Waals surface area contributed by atoms with Crippen molar-refractivity contribution in [1.82, 2.24) is 9.71 Å². The molecule has 3 rings (SSSR count). The van der Waals surface area contributed by atoms with Crippen LogP contribution < -0.4 is 14.4 Å². The van der Waals surface area contributed by atoms with Crippen molar-refractivity contribution in [3.63, 3.8) is 0 Å². The molecule has 2 aromatic carbocycles. The average molecular weight is 494 g/mol. The SMILES string of the molecule is CCN(C(=O)C(Cc1ccc(OC)nc1)C(=O)NS(=O)(=O)C=Cc1ccccc1)c1ccccc1. The summed E-state index contributed by atoms with van der Waals surface area (Å²) in [5.41, 5.74) is 1.85. The van der Waals surface area contributed by atoms with Crippen LogP contribution in [-0.2, 0) is 26.0 Å². The van der Waals surface area contributed by atoms with Crippen LogP contribution in [0.5, 0.6) is 5.88 Å². The summed E-state index contributed by atoms with van der Waals surface area (Å²) in [6, 6.07) is 21.0. The zero-order chi connectivity index (χ0) is 25.3. The van der Waals surface area contributed by atoms with Crippen LogP contribution in [0.4, 0.5) is 5.69 Å². The van der Waals surface area contributed by atoms with Crippen LogP contribution in [-0.4, -0.2) is 38.9 Å². The van der Waals surface area contributed by atoms with Gasteiger partial charge in [-0.05, 0) is 42.7 Å². The number of anilines is 1. The lowest BCUT2D eigenvalue weighted by Gasteiger charge is -2.26. The predicted octanol–water partition coefficient (Wildman–Crippen LogP) is 3.42. The first-order valence-electron chi connectivity index (χ1n) is 11.0. The van der Waals surface area contributed by atoms with E-state index >= 15 is 0 Å². The maximum absolute atomic E-state index is 13.5. The first-order valence-corrected chi connectivity index (χ1v) is 12.5. The number of carbonyl (C=O) groups excluding carboxylic acids is 2. The smallest absolute Gasteiger partial charge is 0.257 e. The van der Waals surface area contributed by atoms with Crippen molar-refractivity contribution in [3.8, 4) is 5.88 Å². The molecule has 1 atom stereocenters. The van der Waals surface area contributed by atoms with Crippen molar-refractivity contribution >= 4 is 33.6 Å². The lowest BCUT2D eigenvalue weighted by Crippen LogP contribution is -2.46. The molecular formula is C26H27N3O5S. The third-order valence-corrected chi connectivity index (χ3v) is 6.17. The third kappa shape index (κ3) is 7.25. The normalized spacial score (nSPS) is 12.2.